The van der Waals surface area contributed by atoms with E-state index in [1.807, 2.05) is 62.4 Å². The lowest BCUT2D eigenvalue weighted by Crippen LogP contribution is -2.10. The monoisotopic (exact) mass is 643 g/mol. The van der Waals surface area contributed by atoms with Gasteiger partial charge < -0.3 is 14.6 Å². The number of hydrogen-bond donors (Lipinski definition) is 1. The van der Waals surface area contributed by atoms with Crippen molar-refractivity contribution in [3.05, 3.63) is 138 Å². The van der Waals surface area contributed by atoms with E-state index in [-0.39, 0.29) is 6.42 Å². The molecule has 0 aliphatic heterocycles. The standard InChI is InChI=1S/C22H15F2N3O2.C14H12N4O/c1-13-5-6-14(22-27-26-12-29-22)9-17(13)15-7-8-16(25-11-15)10-20(28)21-18(23)3-2-4-19(21)24;1-9-2-3-10(14-18-17-8-19-14)6-12(9)11-4-5-13(15)16-7-11/h2-9,11-12H,10H2,1H3;2-8H,1H3,(H2,15,16). The summed E-state index contributed by atoms with van der Waals surface area (Å²) in [4.78, 5) is 20.7. The fourth-order valence-corrected chi connectivity index (χ4v) is 5.00. The van der Waals surface area contributed by atoms with Crippen molar-refractivity contribution in [1.29, 1.82) is 0 Å². The molecule has 0 spiro atoms. The van der Waals surface area contributed by atoms with Crippen LogP contribution >= 0.6 is 0 Å². The Bertz CT molecular complexity index is 2150. The third-order valence-corrected chi connectivity index (χ3v) is 7.51. The van der Waals surface area contributed by atoms with Gasteiger partial charge in [0.05, 0.1) is 12.0 Å². The molecule has 0 aliphatic rings. The number of rotatable bonds is 7. The first-order valence-corrected chi connectivity index (χ1v) is 14.7. The normalized spacial score (nSPS) is 10.8. The minimum absolute atomic E-state index is 0.195. The Morgan fingerprint density at radius 3 is 1.67 bits per heavy atom. The van der Waals surface area contributed by atoms with Crippen molar-refractivity contribution in [1.82, 2.24) is 30.4 Å². The molecule has 2 N–H and O–H groups in total. The Labute approximate surface area is 273 Å². The summed E-state index contributed by atoms with van der Waals surface area (Å²) in [6, 6.07) is 22.3. The fraction of sp³-hybridized carbons (Fsp3) is 0.0833. The van der Waals surface area contributed by atoms with Crippen LogP contribution in [0.25, 0.3) is 45.2 Å². The van der Waals surface area contributed by atoms with Gasteiger partial charge >= 0.3 is 0 Å². The molecule has 48 heavy (non-hydrogen) atoms. The van der Waals surface area contributed by atoms with Crippen LogP contribution in [0.1, 0.15) is 27.2 Å². The van der Waals surface area contributed by atoms with E-state index in [2.05, 4.69) is 30.4 Å². The van der Waals surface area contributed by atoms with Crippen LogP contribution in [0.5, 0.6) is 0 Å². The molecule has 0 unspecified atom stereocenters. The van der Waals surface area contributed by atoms with Gasteiger partial charge in [0, 0.05) is 40.3 Å². The number of aryl methyl sites for hydroxylation is 2. The molecule has 238 valence electrons. The predicted octanol–water partition coefficient (Wildman–Crippen LogP) is 7.50. The zero-order valence-corrected chi connectivity index (χ0v) is 25.8. The predicted molar refractivity (Wildman–Crippen MR) is 174 cm³/mol. The van der Waals surface area contributed by atoms with Crippen molar-refractivity contribution in [2.24, 2.45) is 0 Å². The van der Waals surface area contributed by atoms with Gasteiger partial charge in [-0.15, -0.1) is 20.4 Å². The maximum absolute atomic E-state index is 13.8. The first-order chi connectivity index (χ1) is 23.3. The highest BCUT2D eigenvalue weighted by molar-refractivity contribution is 5.97. The molecule has 12 heteroatoms. The summed E-state index contributed by atoms with van der Waals surface area (Å²) in [7, 11) is 0. The van der Waals surface area contributed by atoms with Crippen molar-refractivity contribution < 1.29 is 22.4 Å². The quantitative estimate of drug-likeness (QED) is 0.173. The molecule has 7 rings (SSSR count). The summed E-state index contributed by atoms with van der Waals surface area (Å²) < 4.78 is 38.0. The summed E-state index contributed by atoms with van der Waals surface area (Å²) in [6.07, 6.45) is 5.77. The first-order valence-electron chi connectivity index (χ1n) is 14.7. The second kappa shape index (κ2) is 13.9. The number of hydrogen-bond acceptors (Lipinski definition) is 10. The van der Waals surface area contributed by atoms with Gasteiger partial charge in [0.2, 0.25) is 24.6 Å². The number of aromatic nitrogens is 6. The zero-order chi connectivity index (χ0) is 33.6. The minimum atomic E-state index is -0.875. The van der Waals surface area contributed by atoms with Crippen LogP contribution in [-0.2, 0) is 6.42 Å². The molecule has 0 bridgehead atoms. The number of benzene rings is 3. The van der Waals surface area contributed by atoms with Crippen molar-refractivity contribution in [2.45, 2.75) is 20.3 Å². The number of carbonyl (C=O) groups excluding carboxylic acids is 1. The summed E-state index contributed by atoms with van der Waals surface area (Å²) >= 11 is 0. The summed E-state index contributed by atoms with van der Waals surface area (Å²) in [6.45, 7) is 4.01. The Kier molecular flexibility index (Phi) is 9.14. The van der Waals surface area contributed by atoms with E-state index >= 15 is 0 Å². The largest absolute Gasteiger partial charge is 0.423 e. The third kappa shape index (κ3) is 7.02. The Morgan fingerprint density at radius 2 is 1.21 bits per heavy atom. The lowest BCUT2D eigenvalue weighted by Gasteiger charge is -2.09. The van der Waals surface area contributed by atoms with Gasteiger partial charge in [0.25, 0.3) is 0 Å². The number of nitrogens with zero attached hydrogens (tertiary/aromatic N) is 6. The van der Waals surface area contributed by atoms with Gasteiger partial charge in [0.1, 0.15) is 17.5 Å². The van der Waals surface area contributed by atoms with Gasteiger partial charge in [-0.25, -0.2) is 13.8 Å². The first kappa shape index (κ1) is 31.5. The van der Waals surface area contributed by atoms with Crippen molar-refractivity contribution >= 4 is 11.6 Å². The second-order valence-electron chi connectivity index (χ2n) is 10.8. The van der Waals surface area contributed by atoms with Crippen molar-refractivity contribution in [2.75, 3.05) is 5.73 Å². The highest BCUT2D eigenvalue weighted by Gasteiger charge is 2.18. The molecular weight excluding hydrogens is 616 g/mol. The molecule has 0 saturated carbocycles. The van der Waals surface area contributed by atoms with E-state index in [9.17, 15) is 13.6 Å². The number of Topliss-reactive ketones (excluding diaryl/α,β-unsaturated/α-hetero) is 1. The average molecular weight is 644 g/mol. The maximum Gasteiger partial charge on any atom is 0.247 e. The van der Waals surface area contributed by atoms with Crippen LogP contribution in [-0.4, -0.2) is 36.1 Å². The molecular formula is C36H27F2N7O3. The molecule has 4 aromatic heterocycles. The lowest BCUT2D eigenvalue weighted by atomic mass is 9.98. The number of carbonyl (C=O) groups is 1. The third-order valence-electron chi connectivity index (χ3n) is 7.51. The molecule has 10 nitrogen and oxygen atoms in total. The number of ketones is 1. The zero-order valence-electron chi connectivity index (χ0n) is 25.8. The molecule has 0 radical (unpaired) electrons. The molecule has 4 heterocycles. The number of pyridine rings is 2. The Balaban J connectivity index is 0.000000182. The van der Waals surface area contributed by atoms with Crippen LogP contribution in [0.15, 0.2) is 113 Å². The maximum atomic E-state index is 13.8. The van der Waals surface area contributed by atoms with Crippen molar-refractivity contribution in [3.8, 4) is 45.2 Å². The highest BCUT2D eigenvalue weighted by Crippen LogP contribution is 2.30. The second-order valence-corrected chi connectivity index (χ2v) is 10.8. The summed E-state index contributed by atoms with van der Waals surface area (Å²) in [5.41, 5.74) is 13.1. The van der Waals surface area contributed by atoms with Crippen LogP contribution in [0.2, 0.25) is 0 Å². The van der Waals surface area contributed by atoms with E-state index in [4.69, 9.17) is 14.6 Å². The topological polar surface area (TPSA) is 147 Å². The molecule has 0 saturated heterocycles. The van der Waals surface area contributed by atoms with E-state index in [1.165, 1.54) is 18.9 Å². The number of nitrogen functional groups attached to an aromatic ring is 1. The van der Waals surface area contributed by atoms with Gasteiger partial charge in [-0.05, 0) is 90.7 Å². The molecule has 0 fully saturated rings. The fourth-order valence-electron chi connectivity index (χ4n) is 5.00. The van der Waals surface area contributed by atoms with Crippen LogP contribution in [0, 0.1) is 25.5 Å². The van der Waals surface area contributed by atoms with E-state index < -0.39 is 23.0 Å². The number of anilines is 1. The van der Waals surface area contributed by atoms with Gasteiger partial charge in [-0.1, -0.05) is 24.3 Å². The molecule has 0 aliphatic carbocycles. The van der Waals surface area contributed by atoms with Gasteiger partial charge in [-0.3, -0.25) is 9.78 Å². The van der Waals surface area contributed by atoms with E-state index in [0.717, 1.165) is 56.6 Å². The van der Waals surface area contributed by atoms with E-state index in [1.54, 1.807) is 24.5 Å². The summed E-state index contributed by atoms with van der Waals surface area (Å²) in [5, 5.41) is 15.2. The highest BCUT2D eigenvalue weighted by atomic mass is 19.1. The number of nitrogens with two attached hydrogens (primary N) is 1. The molecule has 3 aromatic carbocycles. The average Bonchev–Trinajstić information content (AvgIpc) is 3.83. The van der Waals surface area contributed by atoms with Crippen LogP contribution in [0.3, 0.4) is 0 Å². The van der Waals surface area contributed by atoms with Crippen LogP contribution in [0.4, 0.5) is 14.6 Å². The Hall–Kier alpha value is -6.43. The van der Waals surface area contributed by atoms with Crippen LogP contribution < -0.4 is 5.73 Å². The van der Waals surface area contributed by atoms with Gasteiger partial charge in [0.15, 0.2) is 5.78 Å². The molecule has 0 amide bonds. The molecule has 0 atom stereocenters. The SMILES string of the molecule is Cc1ccc(-c2nnco2)cc1-c1ccc(CC(=O)c2c(F)cccc2F)nc1.Cc1ccc(-c2nnco2)cc1-c1ccc(N)nc1. The lowest BCUT2D eigenvalue weighted by molar-refractivity contribution is 0.0984. The Morgan fingerprint density at radius 1 is 0.688 bits per heavy atom. The minimum Gasteiger partial charge on any atom is -0.423 e. The summed E-state index contributed by atoms with van der Waals surface area (Å²) in [5.74, 6) is -0.983. The van der Waals surface area contributed by atoms with Gasteiger partial charge in [-0.2, -0.15) is 0 Å². The van der Waals surface area contributed by atoms with E-state index in [0.29, 0.717) is 23.3 Å². The molecule has 7 aromatic rings. The van der Waals surface area contributed by atoms with Crippen molar-refractivity contribution in [3.63, 3.8) is 0 Å². The number of halogens is 2. The smallest absolute Gasteiger partial charge is 0.247 e.